The number of nitrogen functional groups attached to an aromatic ring is 1. The van der Waals surface area contributed by atoms with Gasteiger partial charge in [-0.3, -0.25) is 10.1 Å². The number of hydrogen-bond donors (Lipinski definition) is 1. The van der Waals surface area contributed by atoms with Crippen LogP contribution in [0.5, 0.6) is 11.6 Å². The third-order valence-corrected chi connectivity index (χ3v) is 2.64. The first-order chi connectivity index (χ1) is 8.97. The van der Waals surface area contributed by atoms with Crippen LogP contribution in [-0.4, -0.2) is 14.9 Å². The molecule has 2 rings (SSSR count). The second-order valence-corrected chi connectivity index (χ2v) is 4.02. The van der Waals surface area contributed by atoms with Crippen molar-refractivity contribution >= 4 is 11.6 Å². The lowest BCUT2D eigenvalue weighted by Crippen LogP contribution is -2.01. The number of anilines is 1. The SMILES string of the molecule is Cc1ccc(Oc2nc(N)ncc2[N+](=O)[O-])cc1C. The van der Waals surface area contributed by atoms with E-state index in [1.807, 2.05) is 19.9 Å². The lowest BCUT2D eigenvalue weighted by Gasteiger charge is -2.07. The van der Waals surface area contributed by atoms with Crippen molar-refractivity contribution in [3.8, 4) is 11.6 Å². The van der Waals surface area contributed by atoms with E-state index in [4.69, 9.17) is 10.5 Å². The van der Waals surface area contributed by atoms with Crippen LogP contribution < -0.4 is 10.5 Å². The molecule has 0 aliphatic rings. The van der Waals surface area contributed by atoms with Gasteiger partial charge in [-0.2, -0.15) is 4.98 Å². The molecule has 1 heterocycles. The third-order valence-electron chi connectivity index (χ3n) is 2.64. The van der Waals surface area contributed by atoms with E-state index >= 15 is 0 Å². The van der Waals surface area contributed by atoms with Crippen molar-refractivity contribution < 1.29 is 9.66 Å². The van der Waals surface area contributed by atoms with E-state index < -0.39 is 4.92 Å². The fourth-order valence-corrected chi connectivity index (χ4v) is 1.46. The maximum Gasteiger partial charge on any atom is 0.349 e. The zero-order chi connectivity index (χ0) is 14.0. The van der Waals surface area contributed by atoms with E-state index in [1.165, 1.54) is 0 Å². The fourth-order valence-electron chi connectivity index (χ4n) is 1.46. The summed E-state index contributed by atoms with van der Waals surface area (Å²) < 4.78 is 5.41. The van der Waals surface area contributed by atoms with Gasteiger partial charge in [0.25, 0.3) is 0 Å². The Hall–Kier alpha value is -2.70. The molecule has 7 nitrogen and oxygen atoms in total. The highest BCUT2D eigenvalue weighted by atomic mass is 16.6. The highest BCUT2D eigenvalue weighted by molar-refractivity contribution is 5.45. The summed E-state index contributed by atoms with van der Waals surface area (Å²) >= 11 is 0. The van der Waals surface area contributed by atoms with E-state index in [2.05, 4.69) is 9.97 Å². The fraction of sp³-hybridized carbons (Fsp3) is 0.167. The van der Waals surface area contributed by atoms with Gasteiger partial charge in [0.2, 0.25) is 5.95 Å². The maximum atomic E-state index is 10.8. The van der Waals surface area contributed by atoms with Gasteiger partial charge in [0.15, 0.2) is 0 Å². The second-order valence-electron chi connectivity index (χ2n) is 4.02. The number of hydrogen-bond acceptors (Lipinski definition) is 6. The molecule has 19 heavy (non-hydrogen) atoms. The number of ether oxygens (including phenoxy) is 1. The largest absolute Gasteiger partial charge is 0.434 e. The molecule has 0 aliphatic carbocycles. The van der Waals surface area contributed by atoms with Gasteiger partial charge in [-0.15, -0.1) is 0 Å². The summed E-state index contributed by atoms with van der Waals surface area (Å²) in [7, 11) is 0. The van der Waals surface area contributed by atoms with Crippen molar-refractivity contribution in [2.45, 2.75) is 13.8 Å². The molecule has 0 radical (unpaired) electrons. The number of rotatable bonds is 3. The molecule has 7 heteroatoms. The molecule has 0 fully saturated rings. The summed E-state index contributed by atoms with van der Waals surface area (Å²) in [5.74, 6) is 0.217. The minimum absolute atomic E-state index is 0.0792. The molecule has 0 saturated carbocycles. The molecule has 0 atom stereocenters. The molecule has 0 bridgehead atoms. The molecule has 0 amide bonds. The monoisotopic (exact) mass is 260 g/mol. The van der Waals surface area contributed by atoms with Crippen molar-refractivity contribution in [3.05, 3.63) is 45.6 Å². The highest BCUT2D eigenvalue weighted by Crippen LogP contribution is 2.29. The van der Waals surface area contributed by atoms with Gasteiger partial charge in [-0.05, 0) is 37.1 Å². The van der Waals surface area contributed by atoms with Crippen LogP contribution in [0.3, 0.4) is 0 Å². The van der Waals surface area contributed by atoms with Crippen LogP contribution in [0.25, 0.3) is 0 Å². The molecule has 0 saturated heterocycles. The summed E-state index contributed by atoms with van der Waals surface area (Å²) in [5.41, 5.74) is 7.20. The Labute approximate surface area is 109 Å². The summed E-state index contributed by atoms with van der Waals surface area (Å²) in [6, 6.07) is 5.35. The normalized spacial score (nSPS) is 10.2. The van der Waals surface area contributed by atoms with E-state index in [-0.39, 0.29) is 17.5 Å². The lowest BCUT2D eigenvalue weighted by atomic mass is 10.1. The quantitative estimate of drug-likeness (QED) is 0.671. The van der Waals surface area contributed by atoms with Crippen molar-refractivity contribution in [2.24, 2.45) is 0 Å². The van der Waals surface area contributed by atoms with E-state index in [0.717, 1.165) is 17.3 Å². The lowest BCUT2D eigenvalue weighted by molar-refractivity contribution is -0.386. The second kappa shape index (κ2) is 4.89. The number of nitrogens with two attached hydrogens (primary N) is 1. The van der Waals surface area contributed by atoms with Crippen LogP contribution in [0.2, 0.25) is 0 Å². The predicted octanol–water partition coefficient (Wildman–Crippen LogP) is 2.38. The Morgan fingerprint density at radius 2 is 2.05 bits per heavy atom. The van der Waals surface area contributed by atoms with Gasteiger partial charge in [-0.25, -0.2) is 4.98 Å². The average molecular weight is 260 g/mol. The molecule has 1 aromatic heterocycles. The Bertz CT molecular complexity index is 643. The van der Waals surface area contributed by atoms with Gasteiger partial charge in [0, 0.05) is 0 Å². The molecule has 1 aromatic carbocycles. The summed E-state index contributed by atoms with van der Waals surface area (Å²) in [4.78, 5) is 17.6. The van der Waals surface area contributed by atoms with Crippen LogP contribution in [0.1, 0.15) is 11.1 Å². The first kappa shape index (κ1) is 12.7. The standard InChI is InChI=1S/C12H12N4O3/c1-7-3-4-9(5-8(7)2)19-11-10(16(17)18)6-14-12(13)15-11/h3-6H,1-2H3,(H2,13,14,15). The first-order valence-corrected chi connectivity index (χ1v) is 5.49. The van der Waals surface area contributed by atoms with Crippen molar-refractivity contribution in [3.63, 3.8) is 0 Å². The zero-order valence-corrected chi connectivity index (χ0v) is 10.5. The smallest absolute Gasteiger partial charge is 0.349 e. The molecular weight excluding hydrogens is 248 g/mol. The Kier molecular flexibility index (Phi) is 3.28. The molecular formula is C12H12N4O3. The summed E-state index contributed by atoms with van der Waals surface area (Å²) in [6.45, 7) is 3.88. The van der Waals surface area contributed by atoms with Crippen LogP contribution in [0.4, 0.5) is 11.6 Å². The van der Waals surface area contributed by atoms with Crippen LogP contribution in [0, 0.1) is 24.0 Å². The van der Waals surface area contributed by atoms with Gasteiger partial charge in [-0.1, -0.05) is 6.07 Å². The minimum atomic E-state index is -0.615. The Morgan fingerprint density at radius 1 is 1.32 bits per heavy atom. The molecule has 2 aromatic rings. The average Bonchev–Trinajstić information content (AvgIpc) is 2.33. The van der Waals surface area contributed by atoms with Gasteiger partial charge < -0.3 is 10.5 Å². The number of benzene rings is 1. The van der Waals surface area contributed by atoms with Crippen molar-refractivity contribution in [1.29, 1.82) is 0 Å². The van der Waals surface area contributed by atoms with E-state index in [0.29, 0.717) is 5.75 Å². The topological polar surface area (TPSA) is 104 Å². The van der Waals surface area contributed by atoms with E-state index in [1.54, 1.807) is 12.1 Å². The molecule has 2 N–H and O–H groups in total. The number of nitrogens with zero attached hydrogens (tertiary/aromatic N) is 3. The maximum absolute atomic E-state index is 10.8. The highest BCUT2D eigenvalue weighted by Gasteiger charge is 2.19. The predicted molar refractivity (Wildman–Crippen MR) is 69.1 cm³/mol. The number of nitro groups is 1. The number of aromatic nitrogens is 2. The zero-order valence-electron chi connectivity index (χ0n) is 10.5. The molecule has 0 aliphatic heterocycles. The Balaban J connectivity index is 2.39. The van der Waals surface area contributed by atoms with Crippen molar-refractivity contribution in [2.75, 3.05) is 5.73 Å². The Morgan fingerprint density at radius 3 is 2.68 bits per heavy atom. The minimum Gasteiger partial charge on any atom is -0.434 e. The van der Waals surface area contributed by atoms with Crippen LogP contribution in [-0.2, 0) is 0 Å². The van der Waals surface area contributed by atoms with Gasteiger partial charge >= 0.3 is 11.6 Å². The van der Waals surface area contributed by atoms with Gasteiger partial charge in [0.05, 0.1) is 4.92 Å². The molecule has 0 spiro atoms. The molecule has 98 valence electrons. The summed E-state index contributed by atoms with van der Waals surface area (Å²) in [5, 5.41) is 10.8. The van der Waals surface area contributed by atoms with Crippen LogP contribution in [0.15, 0.2) is 24.4 Å². The number of aryl methyl sites for hydroxylation is 2. The van der Waals surface area contributed by atoms with Crippen LogP contribution >= 0.6 is 0 Å². The van der Waals surface area contributed by atoms with Crippen molar-refractivity contribution in [1.82, 2.24) is 9.97 Å². The third kappa shape index (κ3) is 2.76. The van der Waals surface area contributed by atoms with E-state index in [9.17, 15) is 10.1 Å². The molecule has 0 unspecified atom stereocenters. The summed E-state index contributed by atoms with van der Waals surface area (Å²) in [6.07, 6.45) is 1.03. The first-order valence-electron chi connectivity index (χ1n) is 5.49. The van der Waals surface area contributed by atoms with Gasteiger partial charge in [0.1, 0.15) is 11.9 Å².